The standard InChI is InChI=1S/C83H144O17P2/c1-5-9-13-17-21-25-29-33-36-37-38-39-42-45-48-52-56-60-64-68-81(86)94-74-79(100-83(88)70-66-62-58-54-50-46-41-35-31-27-23-19-15-11-7-3)76-98-102(91,92)96-72-77(84)71-95-101(89,90)97-75-78(99-82(87)69-65-61-57-53-49-43-32-28-24-20-16-12-8-4)73-93-80(85)67-63-59-55-51-47-44-40-34-30-26-22-18-14-10-6-2/h21-23,25-27,33-36,38-41,45,48,56,60,77-79,84H,5-20,24,28-32,37,42-44,46-47,49-55,57-59,61-76H2,1-4H3,(H,89,90)(H,91,92)/b25-21-,26-22-,27-23-,36-33-,39-38-,40-34-,41-35-,48-45-,60-56-/t77-,78+,79+/m0/s1. The van der Waals surface area contributed by atoms with Crippen molar-refractivity contribution in [2.24, 2.45) is 0 Å². The highest BCUT2D eigenvalue weighted by Crippen LogP contribution is 2.45. The Morgan fingerprint density at radius 1 is 0.275 bits per heavy atom. The Morgan fingerprint density at radius 2 is 0.500 bits per heavy atom. The van der Waals surface area contributed by atoms with Gasteiger partial charge in [0.1, 0.15) is 19.3 Å². The summed E-state index contributed by atoms with van der Waals surface area (Å²) in [6, 6.07) is 0. The van der Waals surface area contributed by atoms with Crippen LogP contribution in [0.15, 0.2) is 109 Å². The van der Waals surface area contributed by atoms with E-state index in [1.807, 2.05) is 12.2 Å². The maximum absolute atomic E-state index is 13.1. The first-order valence-corrected chi connectivity index (χ1v) is 43.1. The Hall–Kier alpha value is -4.28. The second kappa shape index (κ2) is 75.0. The fourth-order valence-corrected chi connectivity index (χ4v) is 12.1. The molecule has 2 unspecified atom stereocenters. The summed E-state index contributed by atoms with van der Waals surface area (Å²) in [4.78, 5) is 72.9. The largest absolute Gasteiger partial charge is 0.472 e. The molecule has 5 atom stereocenters. The molecule has 17 nitrogen and oxygen atoms in total. The maximum Gasteiger partial charge on any atom is 0.472 e. The van der Waals surface area contributed by atoms with Crippen LogP contribution >= 0.6 is 15.6 Å². The van der Waals surface area contributed by atoms with Crippen LogP contribution in [-0.4, -0.2) is 96.7 Å². The molecule has 0 aliphatic heterocycles. The summed E-state index contributed by atoms with van der Waals surface area (Å²) in [6.07, 6.45) is 80.8. The molecule has 19 heteroatoms. The molecule has 0 aromatic carbocycles. The highest BCUT2D eigenvalue weighted by molar-refractivity contribution is 7.47. The first-order chi connectivity index (χ1) is 49.7. The SMILES string of the molecule is CCCCC/C=C\C/C=C\C/C=C\C/C=C\C/C=C\CCC(=O)OC[C@H](COP(=O)(O)OC[C@@H](O)COP(=O)(O)OC[C@@H](COC(=O)CCCCCCC/C=C\C/C=C\CCCCC)OC(=O)CCCCCCCCCCCCCCC)OC(=O)CCCCCCC/C=C\C/C=C\CCCCC. The predicted octanol–water partition coefficient (Wildman–Crippen LogP) is 23.3. The molecule has 0 spiro atoms. The van der Waals surface area contributed by atoms with Crippen molar-refractivity contribution in [2.45, 2.75) is 354 Å². The lowest BCUT2D eigenvalue weighted by Crippen LogP contribution is -2.30. The summed E-state index contributed by atoms with van der Waals surface area (Å²) in [5.41, 5.74) is 0. The first-order valence-electron chi connectivity index (χ1n) is 40.1. The van der Waals surface area contributed by atoms with Crippen LogP contribution in [0.3, 0.4) is 0 Å². The van der Waals surface area contributed by atoms with Crippen molar-refractivity contribution in [3.05, 3.63) is 109 Å². The van der Waals surface area contributed by atoms with Crippen LogP contribution in [0.4, 0.5) is 0 Å². The smallest absolute Gasteiger partial charge is 0.462 e. The molecule has 0 radical (unpaired) electrons. The fraction of sp³-hybridized carbons (Fsp3) is 0.735. The minimum absolute atomic E-state index is 0.0341. The molecule has 588 valence electrons. The monoisotopic (exact) mass is 1470 g/mol. The molecule has 0 bridgehead atoms. The Kier molecular flexibility index (Phi) is 71.8. The van der Waals surface area contributed by atoms with E-state index in [2.05, 4.69) is 125 Å². The molecule has 0 aromatic rings. The van der Waals surface area contributed by atoms with Crippen LogP contribution in [0.5, 0.6) is 0 Å². The molecular weight excluding hydrogens is 1330 g/mol. The number of rotatable bonds is 75. The van der Waals surface area contributed by atoms with Crippen LogP contribution in [0.25, 0.3) is 0 Å². The van der Waals surface area contributed by atoms with Crippen molar-refractivity contribution in [3.63, 3.8) is 0 Å². The van der Waals surface area contributed by atoms with Crippen LogP contribution in [0.1, 0.15) is 336 Å². The van der Waals surface area contributed by atoms with Crippen molar-refractivity contribution < 1.29 is 80.2 Å². The number of esters is 4. The normalized spacial score (nSPS) is 14.5. The van der Waals surface area contributed by atoms with Crippen molar-refractivity contribution >= 4 is 39.5 Å². The summed E-state index contributed by atoms with van der Waals surface area (Å²) < 4.78 is 68.5. The Morgan fingerprint density at radius 3 is 0.814 bits per heavy atom. The Labute approximate surface area is 619 Å². The van der Waals surface area contributed by atoms with E-state index in [-0.39, 0.29) is 25.7 Å². The molecular formula is C83H144O17P2. The molecule has 3 N–H and O–H groups in total. The van der Waals surface area contributed by atoms with E-state index in [4.69, 9.17) is 37.0 Å². The predicted molar refractivity (Wildman–Crippen MR) is 418 cm³/mol. The van der Waals surface area contributed by atoms with Crippen molar-refractivity contribution in [1.82, 2.24) is 0 Å². The number of phosphoric ester groups is 2. The van der Waals surface area contributed by atoms with Gasteiger partial charge in [-0.25, -0.2) is 9.13 Å². The quantitative estimate of drug-likeness (QED) is 0.0169. The third-order valence-corrected chi connectivity index (χ3v) is 18.6. The van der Waals surface area contributed by atoms with E-state index in [1.54, 1.807) is 0 Å². The lowest BCUT2D eigenvalue weighted by Gasteiger charge is -2.21. The number of hydrogen-bond donors (Lipinski definition) is 3. The van der Waals surface area contributed by atoms with Gasteiger partial charge in [0, 0.05) is 25.7 Å². The molecule has 0 amide bonds. The van der Waals surface area contributed by atoms with Gasteiger partial charge in [-0.1, -0.05) is 291 Å². The van der Waals surface area contributed by atoms with Gasteiger partial charge in [0.2, 0.25) is 0 Å². The maximum atomic E-state index is 13.1. The third kappa shape index (κ3) is 74.0. The van der Waals surface area contributed by atoms with E-state index < -0.39 is 97.5 Å². The molecule has 0 fully saturated rings. The molecule has 0 aliphatic carbocycles. The van der Waals surface area contributed by atoms with Crippen LogP contribution in [0, 0.1) is 0 Å². The minimum Gasteiger partial charge on any atom is -0.462 e. The number of carbonyl (C=O) groups is 4. The summed E-state index contributed by atoms with van der Waals surface area (Å²) in [5.74, 6) is -2.29. The zero-order valence-electron chi connectivity index (χ0n) is 64.3. The van der Waals surface area contributed by atoms with Gasteiger partial charge in [-0.15, -0.1) is 0 Å². The number of aliphatic hydroxyl groups is 1. The van der Waals surface area contributed by atoms with Gasteiger partial charge in [-0.05, 0) is 128 Å². The van der Waals surface area contributed by atoms with Crippen LogP contribution in [-0.2, 0) is 65.4 Å². The topological polar surface area (TPSA) is 237 Å². The molecule has 0 saturated heterocycles. The van der Waals surface area contributed by atoms with Crippen molar-refractivity contribution in [2.75, 3.05) is 39.6 Å². The number of aliphatic hydroxyl groups excluding tert-OH is 1. The van der Waals surface area contributed by atoms with Crippen molar-refractivity contribution in [1.29, 1.82) is 0 Å². The Bertz CT molecular complexity index is 2360. The first kappa shape index (κ1) is 97.7. The number of unbranched alkanes of at least 4 members (excludes halogenated alkanes) is 31. The number of ether oxygens (including phenoxy) is 4. The number of allylic oxidation sites excluding steroid dienone is 18. The number of carbonyl (C=O) groups excluding carboxylic acids is 4. The van der Waals surface area contributed by atoms with Gasteiger partial charge in [0.25, 0.3) is 0 Å². The van der Waals surface area contributed by atoms with Gasteiger partial charge in [0.05, 0.1) is 26.4 Å². The van der Waals surface area contributed by atoms with Crippen molar-refractivity contribution in [3.8, 4) is 0 Å². The lowest BCUT2D eigenvalue weighted by molar-refractivity contribution is -0.161. The molecule has 0 aromatic heterocycles. The summed E-state index contributed by atoms with van der Waals surface area (Å²) in [6.45, 7) is 4.71. The molecule has 102 heavy (non-hydrogen) atoms. The van der Waals surface area contributed by atoms with Gasteiger partial charge < -0.3 is 33.8 Å². The average Bonchev–Trinajstić information content (AvgIpc) is 0.924. The summed E-state index contributed by atoms with van der Waals surface area (Å²) in [5, 5.41) is 10.6. The highest BCUT2D eigenvalue weighted by atomic mass is 31.2. The van der Waals surface area contributed by atoms with Gasteiger partial charge in [-0.3, -0.25) is 37.3 Å². The number of hydrogen-bond acceptors (Lipinski definition) is 15. The van der Waals surface area contributed by atoms with Gasteiger partial charge in [-0.2, -0.15) is 0 Å². The zero-order chi connectivity index (χ0) is 74.6. The molecule has 0 saturated carbocycles. The zero-order valence-corrected chi connectivity index (χ0v) is 66.0. The van der Waals surface area contributed by atoms with E-state index in [0.29, 0.717) is 32.1 Å². The second-order valence-corrected chi connectivity index (χ2v) is 29.6. The molecule has 0 rings (SSSR count). The highest BCUT2D eigenvalue weighted by Gasteiger charge is 2.30. The van der Waals surface area contributed by atoms with Gasteiger partial charge in [0.15, 0.2) is 12.2 Å². The van der Waals surface area contributed by atoms with E-state index in [1.165, 1.54) is 109 Å². The molecule has 0 heterocycles. The average molecular weight is 1480 g/mol. The van der Waals surface area contributed by atoms with Gasteiger partial charge >= 0.3 is 39.5 Å². The third-order valence-electron chi connectivity index (χ3n) is 16.7. The second-order valence-electron chi connectivity index (χ2n) is 26.7. The molecule has 0 aliphatic rings. The van der Waals surface area contributed by atoms with Crippen LogP contribution in [0.2, 0.25) is 0 Å². The van der Waals surface area contributed by atoms with Crippen LogP contribution < -0.4 is 0 Å². The fourth-order valence-electron chi connectivity index (χ4n) is 10.6. The van der Waals surface area contributed by atoms with E-state index >= 15 is 0 Å². The van der Waals surface area contributed by atoms with E-state index in [9.17, 15) is 43.2 Å². The minimum atomic E-state index is -5.00. The van der Waals surface area contributed by atoms with E-state index in [0.717, 1.165) is 141 Å². The summed E-state index contributed by atoms with van der Waals surface area (Å²) >= 11 is 0. The Balaban J connectivity index is 5.42. The summed E-state index contributed by atoms with van der Waals surface area (Å²) in [7, 11) is -9.98. The lowest BCUT2D eigenvalue weighted by atomic mass is 10.0. The number of phosphoric acid groups is 2.